The van der Waals surface area contributed by atoms with Crippen molar-refractivity contribution in [1.29, 1.82) is 0 Å². The monoisotopic (exact) mass is 193 g/mol. The van der Waals surface area contributed by atoms with Gasteiger partial charge in [-0.1, -0.05) is 0 Å². The predicted molar refractivity (Wildman–Crippen MR) is 49.8 cm³/mol. The molecule has 0 unspecified atom stereocenters. The third-order valence-electron chi connectivity index (χ3n) is 2.38. The van der Waals surface area contributed by atoms with E-state index in [0.29, 0.717) is 0 Å². The number of fused-ring (bicyclic) bond motifs is 1. The van der Waals surface area contributed by atoms with Crippen LogP contribution in [0.15, 0.2) is 24.7 Å². The van der Waals surface area contributed by atoms with Crippen molar-refractivity contribution in [2.75, 3.05) is 0 Å². The average molecular weight is 194 g/mol. The Balaban J connectivity index is 2.22. The van der Waals surface area contributed by atoms with Crippen LogP contribution in [0.4, 0.5) is 0 Å². The molecule has 1 aliphatic rings. The van der Waals surface area contributed by atoms with E-state index in [0.717, 1.165) is 24.3 Å². The van der Waals surface area contributed by atoms with Crippen LogP contribution in [0.1, 0.15) is 18.5 Å². The van der Waals surface area contributed by atoms with Crippen LogP contribution in [0.2, 0.25) is 0 Å². The smallest absolute Gasteiger partial charge is 0.233 e. The molecule has 13 heavy (non-hydrogen) atoms. The second-order valence-corrected chi connectivity index (χ2v) is 4.14. The van der Waals surface area contributed by atoms with Crippen LogP contribution >= 0.6 is 11.6 Å². The van der Waals surface area contributed by atoms with Gasteiger partial charge in [-0.15, -0.1) is 11.6 Å². The number of rotatable bonds is 1. The molecule has 66 valence electrons. The molecule has 0 aromatic carbocycles. The van der Waals surface area contributed by atoms with E-state index >= 15 is 0 Å². The highest BCUT2D eigenvalue weighted by molar-refractivity contribution is 6.25. The minimum Gasteiger partial charge on any atom is -0.291 e. The molecule has 2 aromatic heterocycles. The molecule has 0 amide bonds. The number of hydrogen-bond acceptors (Lipinski definition) is 2. The lowest BCUT2D eigenvalue weighted by Crippen LogP contribution is -1.94. The summed E-state index contributed by atoms with van der Waals surface area (Å²) in [5.41, 5.74) is 0.952. The zero-order chi connectivity index (χ0) is 8.89. The molecule has 2 heterocycles. The fraction of sp³-hybridized carbons (Fsp3) is 0.333. The van der Waals surface area contributed by atoms with Crippen molar-refractivity contribution in [2.45, 2.75) is 17.7 Å². The number of halogens is 1. The molecule has 0 atom stereocenters. The highest BCUT2D eigenvalue weighted by Crippen LogP contribution is 2.51. The van der Waals surface area contributed by atoms with Gasteiger partial charge in [0.15, 0.2) is 0 Å². The van der Waals surface area contributed by atoms with Crippen LogP contribution in [0.5, 0.6) is 0 Å². The zero-order valence-electron chi connectivity index (χ0n) is 6.94. The van der Waals surface area contributed by atoms with E-state index in [9.17, 15) is 0 Å². The first kappa shape index (κ1) is 7.33. The third kappa shape index (κ3) is 1.04. The van der Waals surface area contributed by atoms with Gasteiger partial charge in [-0.25, -0.2) is 9.97 Å². The summed E-state index contributed by atoms with van der Waals surface area (Å²) in [5.74, 6) is 0.726. The maximum Gasteiger partial charge on any atom is 0.233 e. The van der Waals surface area contributed by atoms with E-state index in [1.165, 1.54) is 0 Å². The molecular formula is C9H8ClN3. The van der Waals surface area contributed by atoms with Crippen LogP contribution in [0.25, 0.3) is 5.78 Å². The van der Waals surface area contributed by atoms with Gasteiger partial charge < -0.3 is 0 Å². The van der Waals surface area contributed by atoms with Crippen LogP contribution in [-0.2, 0) is 4.87 Å². The predicted octanol–water partition coefficient (Wildman–Crippen LogP) is 1.96. The van der Waals surface area contributed by atoms with E-state index in [1.807, 2.05) is 22.9 Å². The quantitative estimate of drug-likeness (QED) is 0.649. The fourth-order valence-corrected chi connectivity index (χ4v) is 1.60. The molecule has 1 saturated carbocycles. The number of imidazole rings is 1. The third-order valence-corrected chi connectivity index (χ3v) is 2.96. The van der Waals surface area contributed by atoms with Gasteiger partial charge in [0.2, 0.25) is 5.78 Å². The summed E-state index contributed by atoms with van der Waals surface area (Å²) in [6, 6.07) is 1.88. The Morgan fingerprint density at radius 2 is 2.31 bits per heavy atom. The van der Waals surface area contributed by atoms with Gasteiger partial charge in [0.25, 0.3) is 0 Å². The lowest BCUT2D eigenvalue weighted by atomic mass is 10.3. The summed E-state index contributed by atoms with van der Waals surface area (Å²) in [6.45, 7) is 0. The number of nitrogens with zero attached hydrogens (tertiary/aromatic N) is 3. The van der Waals surface area contributed by atoms with Gasteiger partial charge in [0.1, 0.15) is 0 Å². The second-order valence-electron chi connectivity index (χ2n) is 3.42. The molecule has 2 aromatic rings. The van der Waals surface area contributed by atoms with Crippen molar-refractivity contribution in [2.24, 2.45) is 0 Å². The Bertz CT molecular complexity index is 426. The number of aromatic nitrogens is 3. The van der Waals surface area contributed by atoms with Crippen molar-refractivity contribution in [3.63, 3.8) is 0 Å². The summed E-state index contributed by atoms with van der Waals surface area (Å²) in [6.07, 6.45) is 7.68. The second kappa shape index (κ2) is 2.23. The lowest BCUT2D eigenvalue weighted by molar-refractivity contribution is 0.958. The summed E-state index contributed by atoms with van der Waals surface area (Å²) >= 11 is 6.24. The Labute approximate surface area is 80.4 Å². The highest BCUT2D eigenvalue weighted by atomic mass is 35.5. The molecule has 0 radical (unpaired) electrons. The zero-order valence-corrected chi connectivity index (χ0v) is 7.70. The molecule has 0 spiro atoms. The maximum atomic E-state index is 6.24. The first-order valence-corrected chi connectivity index (χ1v) is 4.65. The fourth-order valence-electron chi connectivity index (χ4n) is 1.41. The van der Waals surface area contributed by atoms with Gasteiger partial charge in [0.05, 0.1) is 10.6 Å². The van der Waals surface area contributed by atoms with Gasteiger partial charge in [-0.2, -0.15) is 0 Å². The number of hydrogen-bond donors (Lipinski definition) is 0. The first-order chi connectivity index (χ1) is 6.28. The molecular weight excluding hydrogens is 186 g/mol. The largest absolute Gasteiger partial charge is 0.291 e. The minimum atomic E-state index is -0.187. The van der Waals surface area contributed by atoms with Crippen molar-refractivity contribution in [3.05, 3.63) is 30.4 Å². The minimum absolute atomic E-state index is 0.187. The van der Waals surface area contributed by atoms with Crippen LogP contribution in [0.3, 0.4) is 0 Å². The molecule has 3 nitrogen and oxygen atoms in total. The van der Waals surface area contributed by atoms with Gasteiger partial charge >= 0.3 is 0 Å². The maximum absolute atomic E-state index is 6.24. The van der Waals surface area contributed by atoms with E-state index < -0.39 is 0 Å². The topological polar surface area (TPSA) is 30.2 Å². The SMILES string of the molecule is ClC1(c2cn3cccnc3n2)CC1. The van der Waals surface area contributed by atoms with E-state index in [2.05, 4.69) is 9.97 Å². The van der Waals surface area contributed by atoms with Crippen LogP contribution in [-0.4, -0.2) is 14.4 Å². The Morgan fingerprint density at radius 1 is 1.46 bits per heavy atom. The Kier molecular flexibility index (Phi) is 1.26. The molecule has 0 N–H and O–H groups in total. The normalized spacial score (nSPS) is 19.2. The van der Waals surface area contributed by atoms with Crippen molar-refractivity contribution in [3.8, 4) is 0 Å². The summed E-state index contributed by atoms with van der Waals surface area (Å²) < 4.78 is 1.90. The molecule has 1 aliphatic carbocycles. The van der Waals surface area contributed by atoms with Gasteiger partial charge in [-0.05, 0) is 18.9 Å². The van der Waals surface area contributed by atoms with Crippen molar-refractivity contribution < 1.29 is 0 Å². The molecule has 1 fully saturated rings. The number of alkyl halides is 1. The molecule has 3 rings (SSSR count). The van der Waals surface area contributed by atoms with Gasteiger partial charge in [-0.3, -0.25) is 4.40 Å². The van der Waals surface area contributed by atoms with Crippen LogP contribution < -0.4 is 0 Å². The average Bonchev–Trinajstić information content (AvgIpc) is 2.76. The molecule has 4 heteroatoms. The van der Waals surface area contributed by atoms with E-state index in [4.69, 9.17) is 11.6 Å². The lowest BCUT2D eigenvalue weighted by Gasteiger charge is -1.96. The summed E-state index contributed by atoms with van der Waals surface area (Å²) in [7, 11) is 0. The van der Waals surface area contributed by atoms with Gasteiger partial charge in [0, 0.05) is 18.6 Å². The standard InChI is InChI=1S/C9H8ClN3/c10-9(2-3-9)7-6-13-5-1-4-11-8(13)12-7/h1,4-6H,2-3H2. The van der Waals surface area contributed by atoms with Crippen molar-refractivity contribution in [1.82, 2.24) is 14.4 Å². The summed E-state index contributed by atoms with van der Waals surface area (Å²) in [5, 5.41) is 0. The Hall–Kier alpha value is -1.09. The summed E-state index contributed by atoms with van der Waals surface area (Å²) in [4.78, 5) is 8.32. The molecule has 0 saturated heterocycles. The van der Waals surface area contributed by atoms with Crippen LogP contribution in [0, 0.1) is 0 Å². The highest BCUT2D eigenvalue weighted by Gasteiger charge is 2.44. The van der Waals surface area contributed by atoms with E-state index in [1.54, 1.807) is 6.20 Å². The Morgan fingerprint density at radius 3 is 3.00 bits per heavy atom. The van der Waals surface area contributed by atoms with E-state index in [-0.39, 0.29) is 4.87 Å². The molecule has 0 aliphatic heterocycles. The van der Waals surface area contributed by atoms with Crippen molar-refractivity contribution >= 4 is 17.4 Å². The first-order valence-electron chi connectivity index (χ1n) is 4.27. The molecule has 0 bridgehead atoms.